The van der Waals surface area contributed by atoms with Gasteiger partial charge in [-0.05, 0) is 43.0 Å². The van der Waals surface area contributed by atoms with Crippen LogP contribution in [0.4, 0.5) is 4.39 Å². The molecule has 0 unspecified atom stereocenters. The molecule has 0 atom stereocenters. The first kappa shape index (κ1) is 16.6. The van der Waals surface area contributed by atoms with Gasteiger partial charge in [-0.2, -0.15) is 0 Å². The number of nitrogens with zero attached hydrogens (tertiary/aromatic N) is 1. The second kappa shape index (κ2) is 8.69. The lowest BCUT2D eigenvalue weighted by Crippen LogP contribution is -2.30. The highest BCUT2D eigenvalue weighted by Crippen LogP contribution is 2.07. The van der Waals surface area contributed by atoms with E-state index in [0.29, 0.717) is 12.5 Å². The van der Waals surface area contributed by atoms with Gasteiger partial charge in [-0.1, -0.05) is 26.0 Å². The summed E-state index contributed by atoms with van der Waals surface area (Å²) in [5.74, 6) is -0.384. The number of hydrogen-bond acceptors (Lipinski definition) is 2. The van der Waals surface area contributed by atoms with Gasteiger partial charge in [-0.15, -0.1) is 0 Å². The normalized spacial score (nSPS) is 11.2. The molecule has 4 heteroatoms. The average Bonchev–Trinajstić information content (AvgIpc) is 2.39. The van der Waals surface area contributed by atoms with Gasteiger partial charge in [0.15, 0.2) is 0 Å². The van der Waals surface area contributed by atoms with Gasteiger partial charge in [0.05, 0.1) is 6.42 Å². The smallest absolute Gasteiger partial charge is 0.304 e. The minimum atomic E-state index is -0.763. The molecule has 0 heterocycles. The maximum atomic E-state index is 12.8. The van der Waals surface area contributed by atoms with E-state index >= 15 is 0 Å². The van der Waals surface area contributed by atoms with E-state index in [4.69, 9.17) is 5.11 Å². The molecule has 0 fully saturated rings. The van der Waals surface area contributed by atoms with Gasteiger partial charge in [0.1, 0.15) is 5.82 Å². The molecule has 1 N–H and O–H groups in total. The SMILES string of the molecule is CC(C)CCN(CCC(=O)O)CCc1ccc(F)cc1. The zero-order valence-corrected chi connectivity index (χ0v) is 12.3. The fraction of sp³-hybridized carbons (Fsp3) is 0.562. The van der Waals surface area contributed by atoms with Crippen molar-refractivity contribution < 1.29 is 14.3 Å². The van der Waals surface area contributed by atoms with Crippen LogP contribution in [0.2, 0.25) is 0 Å². The summed E-state index contributed by atoms with van der Waals surface area (Å²) in [6.07, 6.45) is 2.04. The third kappa shape index (κ3) is 7.24. The fourth-order valence-electron chi connectivity index (χ4n) is 1.97. The topological polar surface area (TPSA) is 40.5 Å². The monoisotopic (exact) mass is 281 g/mol. The number of rotatable bonds is 9. The van der Waals surface area contributed by atoms with Gasteiger partial charge in [0.25, 0.3) is 0 Å². The first-order chi connectivity index (χ1) is 9.47. The molecule has 0 aromatic heterocycles. The number of benzene rings is 1. The molecular formula is C16H24FNO2. The molecule has 112 valence electrons. The van der Waals surface area contributed by atoms with Crippen LogP contribution in [0.15, 0.2) is 24.3 Å². The molecule has 0 radical (unpaired) electrons. The van der Waals surface area contributed by atoms with Crippen LogP contribution in [0, 0.1) is 11.7 Å². The molecule has 0 aliphatic carbocycles. The first-order valence-corrected chi connectivity index (χ1v) is 7.16. The van der Waals surface area contributed by atoms with E-state index in [1.807, 2.05) is 0 Å². The molecule has 3 nitrogen and oxygen atoms in total. The van der Waals surface area contributed by atoms with Gasteiger partial charge in [0.2, 0.25) is 0 Å². The van der Waals surface area contributed by atoms with Gasteiger partial charge >= 0.3 is 5.97 Å². The Labute approximate surface area is 120 Å². The number of carbonyl (C=O) groups is 1. The van der Waals surface area contributed by atoms with Crippen LogP contribution in [0.3, 0.4) is 0 Å². The van der Waals surface area contributed by atoms with E-state index in [1.165, 1.54) is 12.1 Å². The van der Waals surface area contributed by atoms with Gasteiger partial charge < -0.3 is 10.0 Å². The summed E-state index contributed by atoms with van der Waals surface area (Å²) in [5.41, 5.74) is 1.08. The maximum Gasteiger partial charge on any atom is 0.304 e. The van der Waals surface area contributed by atoms with Crippen molar-refractivity contribution in [3.63, 3.8) is 0 Å². The van der Waals surface area contributed by atoms with Crippen LogP contribution in [0.25, 0.3) is 0 Å². The number of halogens is 1. The summed E-state index contributed by atoms with van der Waals surface area (Å²) < 4.78 is 12.8. The number of aliphatic carboxylic acids is 1. The molecule has 1 aromatic rings. The van der Waals surface area contributed by atoms with Crippen LogP contribution < -0.4 is 0 Å². The Morgan fingerprint density at radius 2 is 1.85 bits per heavy atom. The molecule has 0 bridgehead atoms. The average molecular weight is 281 g/mol. The molecule has 1 aromatic carbocycles. The minimum Gasteiger partial charge on any atom is -0.481 e. The molecule has 20 heavy (non-hydrogen) atoms. The Bertz CT molecular complexity index is 403. The molecule has 0 aliphatic rings. The summed E-state index contributed by atoms with van der Waals surface area (Å²) in [6.45, 7) is 6.62. The highest BCUT2D eigenvalue weighted by molar-refractivity contribution is 5.66. The zero-order valence-electron chi connectivity index (χ0n) is 12.3. The van der Waals surface area contributed by atoms with Crippen molar-refractivity contribution >= 4 is 5.97 Å². The lowest BCUT2D eigenvalue weighted by molar-refractivity contribution is -0.137. The molecule has 0 amide bonds. The quantitative estimate of drug-likeness (QED) is 0.755. The van der Waals surface area contributed by atoms with E-state index in [0.717, 1.165) is 31.5 Å². The number of carboxylic acid groups (broad SMARTS) is 1. The minimum absolute atomic E-state index is 0.168. The molecule has 1 rings (SSSR count). The van der Waals surface area contributed by atoms with E-state index in [2.05, 4.69) is 18.7 Å². The van der Waals surface area contributed by atoms with Gasteiger partial charge in [-0.3, -0.25) is 4.79 Å². The highest BCUT2D eigenvalue weighted by Gasteiger charge is 2.09. The summed E-state index contributed by atoms with van der Waals surface area (Å²) in [6, 6.07) is 6.50. The molecule has 0 aliphatic heterocycles. The predicted molar refractivity (Wildman–Crippen MR) is 78.3 cm³/mol. The van der Waals surface area contributed by atoms with Crippen LogP contribution in [0.1, 0.15) is 32.3 Å². The zero-order chi connectivity index (χ0) is 15.0. The Morgan fingerprint density at radius 1 is 1.20 bits per heavy atom. The van der Waals surface area contributed by atoms with Crippen molar-refractivity contribution in [1.82, 2.24) is 4.90 Å². The second-order valence-corrected chi connectivity index (χ2v) is 5.54. The number of hydrogen-bond donors (Lipinski definition) is 1. The molecule has 0 saturated heterocycles. The van der Waals surface area contributed by atoms with Crippen LogP contribution in [-0.2, 0) is 11.2 Å². The van der Waals surface area contributed by atoms with Gasteiger partial charge in [0, 0.05) is 13.1 Å². The van der Waals surface area contributed by atoms with Crippen molar-refractivity contribution in [2.45, 2.75) is 33.1 Å². The Kier molecular flexibility index (Phi) is 7.23. The van der Waals surface area contributed by atoms with Crippen LogP contribution >= 0.6 is 0 Å². The van der Waals surface area contributed by atoms with Gasteiger partial charge in [-0.25, -0.2) is 4.39 Å². The van der Waals surface area contributed by atoms with Crippen LogP contribution in [-0.4, -0.2) is 35.6 Å². The van der Waals surface area contributed by atoms with E-state index in [1.54, 1.807) is 12.1 Å². The molecular weight excluding hydrogens is 257 g/mol. The molecule has 0 saturated carbocycles. The third-order valence-electron chi connectivity index (χ3n) is 3.29. The largest absolute Gasteiger partial charge is 0.481 e. The predicted octanol–water partition coefficient (Wildman–Crippen LogP) is 3.19. The Balaban J connectivity index is 2.45. The lowest BCUT2D eigenvalue weighted by atomic mass is 10.1. The first-order valence-electron chi connectivity index (χ1n) is 7.16. The van der Waals surface area contributed by atoms with Crippen molar-refractivity contribution in [3.05, 3.63) is 35.6 Å². The lowest BCUT2D eigenvalue weighted by Gasteiger charge is -2.22. The summed E-state index contributed by atoms with van der Waals surface area (Å²) >= 11 is 0. The van der Waals surface area contributed by atoms with Crippen molar-refractivity contribution in [1.29, 1.82) is 0 Å². The van der Waals surface area contributed by atoms with E-state index < -0.39 is 5.97 Å². The van der Waals surface area contributed by atoms with Crippen molar-refractivity contribution in [2.75, 3.05) is 19.6 Å². The molecule has 0 spiro atoms. The standard InChI is InChI=1S/C16H24FNO2/c1-13(2)7-10-18(12-9-16(19)20)11-8-14-3-5-15(17)6-4-14/h3-6,13H,7-12H2,1-2H3,(H,19,20). The van der Waals surface area contributed by atoms with Crippen molar-refractivity contribution in [3.8, 4) is 0 Å². The maximum absolute atomic E-state index is 12.8. The Hall–Kier alpha value is -1.42. The van der Waals surface area contributed by atoms with Crippen molar-refractivity contribution in [2.24, 2.45) is 5.92 Å². The summed E-state index contributed by atoms with van der Waals surface area (Å²) in [4.78, 5) is 12.9. The van der Waals surface area contributed by atoms with Crippen LogP contribution in [0.5, 0.6) is 0 Å². The highest BCUT2D eigenvalue weighted by atomic mass is 19.1. The summed E-state index contributed by atoms with van der Waals surface area (Å²) in [7, 11) is 0. The second-order valence-electron chi connectivity index (χ2n) is 5.54. The van der Waals surface area contributed by atoms with E-state index in [-0.39, 0.29) is 12.2 Å². The third-order valence-corrected chi connectivity index (χ3v) is 3.29. The number of carboxylic acids is 1. The Morgan fingerprint density at radius 3 is 2.40 bits per heavy atom. The van der Waals surface area contributed by atoms with E-state index in [9.17, 15) is 9.18 Å². The fourth-order valence-corrected chi connectivity index (χ4v) is 1.97. The summed E-state index contributed by atoms with van der Waals surface area (Å²) in [5, 5.41) is 8.79.